The van der Waals surface area contributed by atoms with Gasteiger partial charge in [-0.25, -0.2) is 0 Å². The minimum Gasteiger partial charge on any atom is -0.496 e. The van der Waals surface area contributed by atoms with Crippen molar-refractivity contribution in [2.45, 2.75) is 13.1 Å². The second-order valence-corrected chi connectivity index (χ2v) is 4.78. The highest BCUT2D eigenvalue weighted by atomic mass is 127. The van der Waals surface area contributed by atoms with E-state index < -0.39 is 0 Å². The molecule has 0 fully saturated rings. The Hall–Kier alpha value is -1.70. The topological polar surface area (TPSA) is 50.6 Å². The fourth-order valence-corrected chi connectivity index (χ4v) is 2.10. The van der Waals surface area contributed by atoms with Gasteiger partial charge in [0.1, 0.15) is 5.75 Å². The molecule has 0 atom stereocenters. The van der Waals surface area contributed by atoms with Gasteiger partial charge in [-0.2, -0.15) is 0 Å². The highest BCUT2D eigenvalue weighted by molar-refractivity contribution is 14.0. The lowest BCUT2D eigenvalue weighted by atomic mass is 10.2. The molecule has 5 nitrogen and oxygen atoms in total. The molecule has 0 aliphatic carbocycles. The van der Waals surface area contributed by atoms with Gasteiger partial charge in [0.2, 0.25) is 0 Å². The van der Waals surface area contributed by atoms with Crippen molar-refractivity contribution in [3.05, 3.63) is 53.9 Å². The van der Waals surface area contributed by atoms with Crippen molar-refractivity contribution in [2.75, 3.05) is 14.2 Å². The van der Waals surface area contributed by atoms with Gasteiger partial charge in [-0.15, -0.1) is 24.0 Å². The maximum absolute atomic E-state index is 5.34. The summed E-state index contributed by atoms with van der Waals surface area (Å²) in [5, 5.41) is 6.58. The molecule has 1 aromatic heterocycles. The number of hydrogen-bond donors (Lipinski definition) is 2. The Labute approximate surface area is 148 Å². The maximum Gasteiger partial charge on any atom is 0.191 e. The molecule has 0 saturated heterocycles. The lowest BCUT2D eigenvalue weighted by Crippen LogP contribution is -2.36. The van der Waals surface area contributed by atoms with E-state index in [2.05, 4.69) is 27.9 Å². The average Bonchev–Trinajstić information content (AvgIpc) is 2.93. The van der Waals surface area contributed by atoms with Gasteiger partial charge in [0.15, 0.2) is 5.96 Å². The normalized spacial score (nSPS) is 10.8. The number of rotatable bonds is 5. The molecule has 0 aliphatic rings. The number of para-hydroxylation sites is 1. The third kappa shape index (κ3) is 5.25. The molecule has 0 bridgehead atoms. The van der Waals surface area contributed by atoms with Gasteiger partial charge >= 0.3 is 0 Å². The summed E-state index contributed by atoms with van der Waals surface area (Å²) >= 11 is 0. The zero-order valence-electron chi connectivity index (χ0n) is 13.2. The van der Waals surface area contributed by atoms with Crippen LogP contribution >= 0.6 is 24.0 Å². The van der Waals surface area contributed by atoms with Crippen LogP contribution in [0.5, 0.6) is 5.75 Å². The fraction of sp³-hybridized carbons (Fsp3) is 0.312. The van der Waals surface area contributed by atoms with Gasteiger partial charge in [0, 0.05) is 45.1 Å². The Kier molecular flexibility index (Phi) is 7.79. The second kappa shape index (κ2) is 9.34. The monoisotopic (exact) mass is 414 g/mol. The Balaban J connectivity index is 0.00000242. The molecule has 0 amide bonds. The van der Waals surface area contributed by atoms with Crippen LogP contribution in [0, 0.1) is 0 Å². The third-order valence-corrected chi connectivity index (χ3v) is 3.22. The van der Waals surface area contributed by atoms with Crippen LogP contribution in [0.25, 0.3) is 0 Å². The molecule has 2 rings (SSSR count). The summed E-state index contributed by atoms with van der Waals surface area (Å²) < 4.78 is 7.37. The van der Waals surface area contributed by atoms with Crippen molar-refractivity contribution in [2.24, 2.45) is 12.0 Å². The summed E-state index contributed by atoms with van der Waals surface area (Å²) in [5.74, 6) is 1.65. The smallest absolute Gasteiger partial charge is 0.191 e. The lowest BCUT2D eigenvalue weighted by Gasteiger charge is -2.13. The predicted molar refractivity (Wildman–Crippen MR) is 101 cm³/mol. The Morgan fingerprint density at radius 2 is 1.91 bits per heavy atom. The standard InChI is InChI=1S/C16H22N4O.HI/c1-17-16(18-10-13-8-9-20(2)12-13)19-11-14-6-4-5-7-15(14)21-3;/h4-9,12H,10-11H2,1-3H3,(H2,17,18,19);1H. The maximum atomic E-state index is 5.34. The fourth-order valence-electron chi connectivity index (χ4n) is 2.10. The molecule has 0 unspecified atom stereocenters. The molecule has 0 radical (unpaired) electrons. The molecule has 120 valence electrons. The van der Waals surface area contributed by atoms with Crippen molar-refractivity contribution < 1.29 is 4.74 Å². The first-order valence-corrected chi connectivity index (χ1v) is 6.90. The lowest BCUT2D eigenvalue weighted by molar-refractivity contribution is 0.409. The summed E-state index contributed by atoms with van der Waals surface area (Å²) in [6.07, 6.45) is 4.11. The average molecular weight is 414 g/mol. The van der Waals surface area contributed by atoms with E-state index in [9.17, 15) is 0 Å². The number of nitrogens with one attached hydrogen (secondary N) is 2. The van der Waals surface area contributed by atoms with Crippen LogP contribution in [0.1, 0.15) is 11.1 Å². The van der Waals surface area contributed by atoms with Gasteiger partial charge in [-0.05, 0) is 17.7 Å². The minimum atomic E-state index is 0. The Morgan fingerprint density at radius 3 is 2.55 bits per heavy atom. The molecule has 1 aromatic carbocycles. The number of aliphatic imine (C=N–C) groups is 1. The highest BCUT2D eigenvalue weighted by Gasteiger charge is 2.03. The van der Waals surface area contributed by atoms with Crippen molar-refractivity contribution in [3.8, 4) is 5.75 Å². The van der Waals surface area contributed by atoms with E-state index in [0.29, 0.717) is 6.54 Å². The summed E-state index contributed by atoms with van der Waals surface area (Å²) in [6.45, 7) is 1.41. The zero-order valence-corrected chi connectivity index (χ0v) is 15.5. The van der Waals surface area contributed by atoms with Crippen LogP contribution < -0.4 is 15.4 Å². The molecule has 6 heteroatoms. The summed E-state index contributed by atoms with van der Waals surface area (Å²) in [7, 11) is 5.46. The number of methoxy groups -OCH3 is 1. The quantitative estimate of drug-likeness (QED) is 0.449. The van der Waals surface area contributed by atoms with Crippen LogP contribution in [-0.2, 0) is 20.1 Å². The first kappa shape index (κ1) is 18.3. The summed E-state index contributed by atoms with van der Waals surface area (Å²) in [4.78, 5) is 4.23. The molecule has 0 spiro atoms. The van der Waals surface area contributed by atoms with E-state index in [1.807, 2.05) is 42.1 Å². The van der Waals surface area contributed by atoms with E-state index in [0.717, 1.165) is 23.8 Å². The van der Waals surface area contributed by atoms with E-state index in [-0.39, 0.29) is 24.0 Å². The van der Waals surface area contributed by atoms with E-state index in [1.165, 1.54) is 5.56 Å². The van der Waals surface area contributed by atoms with Crippen molar-refractivity contribution in [1.82, 2.24) is 15.2 Å². The number of hydrogen-bond acceptors (Lipinski definition) is 2. The number of halogens is 1. The molecular weight excluding hydrogens is 391 g/mol. The van der Waals surface area contributed by atoms with Crippen molar-refractivity contribution in [3.63, 3.8) is 0 Å². The van der Waals surface area contributed by atoms with E-state index >= 15 is 0 Å². The van der Waals surface area contributed by atoms with Crippen LogP contribution in [0.3, 0.4) is 0 Å². The van der Waals surface area contributed by atoms with Gasteiger partial charge in [-0.1, -0.05) is 18.2 Å². The first-order valence-electron chi connectivity index (χ1n) is 6.90. The van der Waals surface area contributed by atoms with Gasteiger partial charge in [0.05, 0.1) is 7.11 Å². The van der Waals surface area contributed by atoms with Crippen LogP contribution in [0.15, 0.2) is 47.7 Å². The Bertz CT molecular complexity index is 610. The second-order valence-electron chi connectivity index (χ2n) is 4.78. The molecule has 1 heterocycles. The molecule has 0 aliphatic heterocycles. The minimum absolute atomic E-state index is 0. The molecular formula is C16H23IN4O. The number of benzene rings is 1. The number of aryl methyl sites for hydroxylation is 1. The first-order chi connectivity index (χ1) is 10.2. The highest BCUT2D eigenvalue weighted by Crippen LogP contribution is 2.16. The number of guanidine groups is 1. The van der Waals surface area contributed by atoms with Crippen LogP contribution in [0.2, 0.25) is 0 Å². The zero-order chi connectivity index (χ0) is 15.1. The van der Waals surface area contributed by atoms with E-state index in [1.54, 1.807) is 14.2 Å². The SMILES string of the molecule is CN=C(NCc1ccn(C)c1)NCc1ccccc1OC.I. The van der Waals surface area contributed by atoms with Gasteiger partial charge < -0.3 is 19.9 Å². The van der Waals surface area contributed by atoms with Gasteiger partial charge in [0.25, 0.3) is 0 Å². The predicted octanol–water partition coefficient (Wildman–Crippen LogP) is 2.52. The molecule has 2 N–H and O–H groups in total. The molecule has 2 aromatic rings. The van der Waals surface area contributed by atoms with E-state index in [4.69, 9.17) is 4.74 Å². The summed E-state index contributed by atoms with van der Waals surface area (Å²) in [6, 6.07) is 10.0. The van der Waals surface area contributed by atoms with Crippen LogP contribution in [-0.4, -0.2) is 24.7 Å². The van der Waals surface area contributed by atoms with Crippen molar-refractivity contribution in [1.29, 1.82) is 0 Å². The largest absolute Gasteiger partial charge is 0.496 e. The number of nitrogens with zero attached hydrogens (tertiary/aromatic N) is 2. The third-order valence-electron chi connectivity index (χ3n) is 3.22. The molecule has 22 heavy (non-hydrogen) atoms. The van der Waals surface area contributed by atoms with Gasteiger partial charge in [-0.3, -0.25) is 4.99 Å². The molecule has 0 saturated carbocycles. The number of aromatic nitrogens is 1. The van der Waals surface area contributed by atoms with Crippen LogP contribution in [0.4, 0.5) is 0 Å². The number of ether oxygens (including phenoxy) is 1. The Morgan fingerprint density at radius 1 is 1.18 bits per heavy atom. The summed E-state index contributed by atoms with van der Waals surface area (Å²) in [5.41, 5.74) is 2.32. The van der Waals surface area contributed by atoms with Crippen molar-refractivity contribution >= 4 is 29.9 Å².